The highest BCUT2D eigenvalue weighted by molar-refractivity contribution is 5.89. The number of fused-ring (bicyclic) bond motifs is 3. The van der Waals surface area contributed by atoms with Gasteiger partial charge in [-0.25, -0.2) is 9.59 Å². The second-order valence-corrected chi connectivity index (χ2v) is 9.51. The number of benzene rings is 2. The summed E-state index contributed by atoms with van der Waals surface area (Å²) in [5, 5.41) is 22.1. The number of aliphatic carboxylic acids is 1. The summed E-state index contributed by atoms with van der Waals surface area (Å²) >= 11 is 0. The molecule has 0 bridgehead atoms. The van der Waals surface area contributed by atoms with Crippen LogP contribution in [0.5, 0.6) is 0 Å². The van der Waals surface area contributed by atoms with E-state index >= 15 is 0 Å². The molecule has 2 amide bonds. The highest BCUT2D eigenvalue weighted by Gasteiger charge is 2.51. The lowest BCUT2D eigenvalue weighted by molar-refractivity contribution is -0.156. The minimum atomic E-state index is -1.12. The SMILES string of the molecule is O=C(NCC1(C(=O)N2C[C@H](O)C[C@@H]2C(=O)O)CCC1)OCC1c2ccccc2-c2ccccc21. The van der Waals surface area contributed by atoms with Crippen molar-refractivity contribution in [1.82, 2.24) is 10.2 Å². The summed E-state index contributed by atoms with van der Waals surface area (Å²) in [4.78, 5) is 38.6. The Hall–Kier alpha value is -3.39. The highest BCUT2D eigenvalue weighted by atomic mass is 16.5. The number of rotatable bonds is 6. The molecule has 34 heavy (non-hydrogen) atoms. The smallest absolute Gasteiger partial charge is 0.407 e. The van der Waals surface area contributed by atoms with E-state index in [0.717, 1.165) is 28.7 Å². The number of alkyl carbamates (subject to hydrolysis) is 1. The Morgan fingerprint density at radius 2 is 1.65 bits per heavy atom. The van der Waals surface area contributed by atoms with Gasteiger partial charge in [0.05, 0.1) is 11.5 Å². The summed E-state index contributed by atoms with van der Waals surface area (Å²) in [7, 11) is 0. The molecule has 5 rings (SSSR count). The minimum absolute atomic E-state index is 0.00247. The first kappa shape index (κ1) is 22.4. The maximum atomic E-state index is 13.2. The van der Waals surface area contributed by atoms with Gasteiger partial charge >= 0.3 is 12.1 Å². The Morgan fingerprint density at radius 1 is 1.03 bits per heavy atom. The summed E-state index contributed by atoms with van der Waals surface area (Å²) < 4.78 is 5.58. The first-order valence-electron chi connectivity index (χ1n) is 11.7. The molecule has 0 radical (unpaired) electrons. The van der Waals surface area contributed by atoms with Crippen molar-refractivity contribution in [3.63, 3.8) is 0 Å². The van der Waals surface area contributed by atoms with Crippen molar-refractivity contribution in [2.24, 2.45) is 5.41 Å². The molecule has 8 heteroatoms. The zero-order chi connectivity index (χ0) is 23.9. The van der Waals surface area contributed by atoms with Crippen LogP contribution in [0.15, 0.2) is 48.5 Å². The molecule has 3 aliphatic rings. The van der Waals surface area contributed by atoms with E-state index in [2.05, 4.69) is 17.4 Å². The monoisotopic (exact) mass is 464 g/mol. The first-order chi connectivity index (χ1) is 16.4. The molecular weight excluding hydrogens is 436 g/mol. The molecule has 3 N–H and O–H groups in total. The molecule has 2 fully saturated rings. The number of carboxylic acid groups (broad SMARTS) is 1. The first-order valence-corrected chi connectivity index (χ1v) is 11.7. The topological polar surface area (TPSA) is 116 Å². The maximum Gasteiger partial charge on any atom is 0.407 e. The van der Waals surface area contributed by atoms with Crippen LogP contribution < -0.4 is 5.32 Å². The van der Waals surface area contributed by atoms with Gasteiger partial charge in [0, 0.05) is 25.4 Å². The summed E-state index contributed by atoms with van der Waals surface area (Å²) in [5.74, 6) is -1.50. The summed E-state index contributed by atoms with van der Waals surface area (Å²) in [6.07, 6.45) is 0.529. The number of carbonyl (C=O) groups excluding carboxylic acids is 2. The molecule has 1 heterocycles. The van der Waals surface area contributed by atoms with Gasteiger partial charge in [-0.05, 0) is 35.1 Å². The number of likely N-dealkylation sites (tertiary alicyclic amines) is 1. The molecule has 2 aliphatic carbocycles. The molecule has 2 aromatic carbocycles. The zero-order valence-electron chi connectivity index (χ0n) is 18.8. The minimum Gasteiger partial charge on any atom is -0.480 e. The van der Waals surface area contributed by atoms with Gasteiger partial charge in [-0.15, -0.1) is 0 Å². The summed E-state index contributed by atoms with van der Waals surface area (Å²) in [6, 6.07) is 15.1. The fourth-order valence-corrected chi connectivity index (χ4v) is 5.54. The van der Waals surface area contributed by atoms with Crippen LogP contribution in [-0.2, 0) is 14.3 Å². The lowest BCUT2D eigenvalue weighted by atomic mass is 9.67. The van der Waals surface area contributed by atoms with Crippen LogP contribution in [-0.4, -0.2) is 64.9 Å². The lowest BCUT2D eigenvalue weighted by Gasteiger charge is -2.43. The summed E-state index contributed by atoms with van der Waals surface area (Å²) in [5.41, 5.74) is 3.69. The van der Waals surface area contributed by atoms with Crippen LogP contribution in [0.1, 0.15) is 42.7 Å². The number of ether oxygens (including phenoxy) is 1. The van der Waals surface area contributed by atoms with Crippen molar-refractivity contribution in [1.29, 1.82) is 0 Å². The van der Waals surface area contributed by atoms with E-state index in [0.29, 0.717) is 12.8 Å². The van der Waals surface area contributed by atoms with Crippen LogP contribution in [0, 0.1) is 5.41 Å². The van der Waals surface area contributed by atoms with Gasteiger partial charge in [-0.2, -0.15) is 0 Å². The third kappa shape index (κ3) is 3.81. The number of hydrogen-bond acceptors (Lipinski definition) is 5. The standard InChI is InChI=1S/C26H28N2O6/c29-16-12-22(23(30)31)28(13-16)24(32)26(10-5-11-26)15-27-25(33)34-14-21-19-8-3-1-6-17(19)18-7-2-4-9-20(18)21/h1-4,6-9,16,21-22,29H,5,10-15H2,(H,27,33)(H,30,31)/t16-,22-/m1/s1. The molecule has 2 atom stereocenters. The largest absolute Gasteiger partial charge is 0.480 e. The van der Waals surface area contributed by atoms with Gasteiger partial charge in [0.2, 0.25) is 5.91 Å². The number of carbonyl (C=O) groups is 3. The Balaban J connectivity index is 1.22. The van der Waals surface area contributed by atoms with Gasteiger partial charge in [0.25, 0.3) is 0 Å². The number of nitrogens with zero attached hydrogens (tertiary/aromatic N) is 1. The molecule has 2 aromatic rings. The van der Waals surface area contributed by atoms with Crippen LogP contribution in [0.25, 0.3) is 11.1 Å². The van der Waals surface area contributed by atoms with E-state index in [4.69, 9.17) is 4.74 Å². The number of aliphatic hydroxyl groups excluding tert-OH is 1. The number of β-amino-alcohol motifs (C(OH)–C–C–N with tert-alkyl or cyclic N) is 1. The van der Waals surface area contributed by atoms with E-state index in [-0.39, 0.29) is 37.9 Å². The van der Waals surface area contributed by atoms with Crippen LogP contribution >= 0.6 is 0 Å². The van der Waals surface area contributed by atoms with Gasteiger partial charge < -0.3 is 25.2 Å². The van der Waals surface area contributed by atoms with E-state index in [9.17, 15) is 24.6 Å². The van der Waals surface area contributed by atoms with Crippen molar-refractivity contribution in [3.05, 3.63) is 59.7 Å². The molecule has 1 aliphatic heterocycles. The molecule has 0 aromatic heterocycles. The molecule has 1 saturated carbocycles. The van der Waals surface area contributed by atoms with Crippen molar-refractivity contribution in [2.75, 3.05) is 19.7 Å². The van der Waals surface area contributed by atoms with Gasteiger partial charge in [-0.3, -0.25) is 4.79 Å². The third-order valence-corrected chi connectivity index (χ3v) is 7.50. The van der Waals surface area contributed by atoms with Crippen LogP contribution in [0.4, 0.5) is 4.79 Å². The van der Waals surface area contributed by atoms with Crippen molar-refractivity contribution < 1.29 is 29.3 Å². The normalized spacial score (nSPS) is 22.4. The molecular formula is C26H28N2O6. The molecule has 0 spiro atoms. The maximum absolute atomic E-state index is 13.2. The molecule has 0 unspecified atom stereocenters. The molecule has 1 saturated heterocycles. The van der Waals surface area contributed by atoms with E-state index < -0.39 is 29.6 Å². The predicted octanol–water partition coefficient (Wildman–Crippen LogP) is 2.74. The van der Waals surface area contributed by atoms with Crippen LogP contribution in [0.3, 0.4) is 0 Å². The quantitative estimate of drug-likeness (QED) is 0.605. The van der Waals surface area contributed by atoms with Crippen LogP contribution in [0.2, 0.25) is 0 Å². The fraction of sp³-hybridized carbons (Fsp3) is 0.423. The Labute approximate surface area is 197 Å². The van der Waals surface area contributed by atoms with Crippen molar-refractivity contribution in [3.8, 4) is 11.1 Å². The van der Waals surface area contributed by atoms with Crippen molar-refractivity contribution in [2.45, 2.75) is 43.7 Å². The molecule has 8 nitrogen and oxygen atoms in total. The van der Waals surface area contributed by atoms with Crippen molar-refractivity contribution >= 4 is 18.0 Å². The Morgan fingerprint density at radius 3 is 2.21 bits per heavy atom. The third-order valence-electron chi connectivity index (χ3n) is 7.50. The Bertz CT molecular complexity index is 1080. The fourth-order valence-electron chi connectivity index (χ4n) is 5.54. The number of amides is 2. The average molecular weight is 465 g/mol. The number of aliphatic hydroxyl groups is 1. The number of hydrogen-bond donors (Lipinski definition) is 3. The highest BCUT2D eigenvalue weighted by Crippen LogP contribution is 2.45. The number of carboxylic acids is 1. The molecule has 178 valence electrons. The Kier molecular flexibility index (Phi) is 5.77. The van der Waals surface area contributed by atoms with Gasteiger partial charge in [0.15, 0.2) is 0 Å². The average Bonchev–Trinajstić information content (AvgIpc) is 3.35. The second-order valence-electron chi connectivity index (χ2n) is 9.51. The number of nitrogens with one attached hydrogen (secondary N) is 1. The van der Waals surface area contributed by atoms with Gasteiger partial charge in [0.1, 0.15) is 12.6 Å². The second kappa shape index (κ2) is 8.76. The lowest BCUT2D eigenvalue weighted by Crippen LogP contribution is -2.56. The summed E-state index contributed by atoms with van der Waals surface area (Å²) in [6.45, 7) is 0.268. The van der Waals surface area contributed by atoms with E-state index in [1.807, 2.05) is 36.4 Å². The zero-order valence-corrected chi connectivity index (χ0v) is 18.8. The van der Waals surface area contributed by atoms with Gasteiger partial charge in [-0.1, -0.05) is 55.0 Å². The predicted molar refractivity (Wildman–Crippen MR) is 123 cm³/mol. The van der Waals surface area contributed by atoms with E-state index in [1.54, 1.807) is 0 Å². The van der Waals surface area contributed by atoms with E-state index in [1.165, 1.54) is 4.90 Å².